The number of halogens is 1. The Morgan fingerprint density at radius 2 is 2.42 bits per heavy atom. The summed E-state index contributed by atoms with van der Waals surface area (Å²) in [6, 6.07) is 0.415. The van der Waals surface area contributed by atoms with E-state index in [1.165, 1.54) is 31.3 Å². The summed E-state index contributed by atoms with van der Waals surface area (Å²) < 4.78 is 4.68. The molecular formula is C12H17ClN2O2S2. The van der Waals surface area contributed by atoms with E-state index in [-0.39, 0.29) is 5.15 Å². The summed E-state index contributed by atoms with van der Waals surface area (Å²) in [6.45, 7) is 2.18. The molecule has 0 spiro atoms. The van der Waals surface area contributed by atoms with E-state index in [2.05, 4.69) is 22.0 Å². The van der Waals surface area contributed by atoms with Crippen LogP contribution in [0.2, 0.25) is 5.15 Å². The normalized spacial score (nSPS) is 22.5. The molecule has 1 fully saturated rings. The zero-order valence-corrected chi connectivity index (χ0v) is 13.3. The summed E-state index contributed by atoms with van der Waals surface area (Å²) in [7, 11) is 1.34. The van der Waals surface area contributed by atoms with Gasteiger partial charge in [-0.3, -0.25) is 0 Å². The van der Waals surface area contributed by atoms with Crippen LogP contribution in [0.4, 0.5) is 5.13 Å². The number of ether oxygens (including phenoxy) is 1. The highest BCUT2D eigenvalue weighted by molar-refractivity contribution is 7.99. The molecule has 2 atom stereocenters. The van der Waals surface area contributed by atoms with Gasteiger partial charge in [-0.05, 0) is 18.6 Å². The Balaban J connectivity index is 2.05. The van der Waals surface area contributed by atoms with Crippen molar-refractivity contribution in [2.45, 2.75) is 37.5 Å². The molecule has 2 unspecified atom stereocenters. The smallest absolute Gasteiger partial charge is 0.351 e. The van der Waals surface area contributed by atoms with Crippen molar-refractivity contribution >= 4 is 45.8 Å². The highest BCUT2D eigenvalue weighted by Crippen LogP contribution is 2.34. The topological polar surface area (TPSA) is 51.2 Å². The fourth-order valence-corrected chi connectivity index (χ4v) is 4.61. The van der Waals surface area contributed by atoms with Gasteiger partial charge in [0.1, 0.15) is 0 Å². The number of rotatable bonds is 5. The standard InChI is InChI=1S/C12H17ClN2O2S2/c1-3-18-8-6-4-5-7(8)14-12-15-10(13)9(19-12)11(16)17-2/h7-8H,3-6H2,1-2H3,(H,14,15). The van der Waals surface area contributed by atoms with Crippen LogP contribution in [0.1, 0.15) is 35.9 Å². The summed E-state index contributed by atoms with van der Waals surface area (Å²) in [5, 5.41) is 4.96. The number of hydrogen-bond donors (Lipinski definition) is 1. The van der Waals surface area contributed by atoms with Gasteiger partial charge in [0.05, 0.1) is 7.11 Å². The first kappa shape index (κ1) is 14.9. The van der Waals surface area contributed by atoms with Gasteiger partial charge in [0.15, 0.2) is 15.2 Å². The Morgan fingerprint density at radius 3 is 3.11 bits per heavy atom. The Bertz CT molecular complexity index is 453. The second-order valence-corrected chi connectivity index (χ2v) is 7.18. The van der Waals surface area contributed by atoms with Crippen LogP contribution >= 0.6 is 34.7 Å². The summed E-state index contributed by atoms with van der Waals surface area (Å²) in [4.78, 5) is 16.0. The van der Waals surface area contributed by atoms with Gasteiger partial charge < -0.3 is 10.1 Å². The van der Waals surface area contributed by atoms with Gasteiger partial charge in [-0.15, -0.1) is 0 Å². The lowest BCUT2D eigenvalue weighted by atomic mass is 10.2. The van der Waals surface area contributed by atoms with Gasteiger partial charge in [-0.1, -0.05) is 36.3 Å². The van der Waals surface area contributed by atoms with E-state index >= 15 is 0 Å². The molecule has 19 heavy (non-hydrogen) atoms. The van der Waals surface area contributed by atoms with Crippen LogP contribution in [-0.2, 0) is 4.74 Å². The Kier molecular flexibility index (Phi) is 5.36. The van der Waals surface area contributed by atoms with Crippen molar-refractivity contribution in [3.05, 3.63) is 10.0 Å². The summed E-state index contributed by atoms with van der Waals surface area (Å²) >= 11 is 9.19. The highest BCUT2D eigenvalue weighted by atomic mass is 35.5. The number of carbonyl (C=O) groups excluding carboxylic acids is 1. The first-order valence-electron chi connectivity index (χ1n) is 6.28. The van der Waals surface area contributed by atoms with Crippen LogP contribution in [0.5, 0.6) is 0 Å². The van der Waals surface area contributed by atoms with Gasteiger partial charge in [-0.2, -0.15) is 11.8 Å². The largest absolute Gasteiger partial charge is 0.465 e. The van der Waals surface area contributed by atoms with Gasteiger partial charge in [-0.25, -0.2) is 9.78 Å². The molecule has 0 amide bonds. The van der Waals surface area contributed by atoms with Gasteiger partial charge in [0, 0.05) is 11.3 Å². The maximum atomic E-state index is 11.5. The maximum absolute atomic E-state index is 11.5. The van der Waals surface area contributed by atoms with Gasteiger partial charge >= 0.3 is 5.97 Å². The number of esters is 1. The lowest BCUT2D eigenvalue weighted by Crippen LogP contribution is -2.26. The maximum Gasteiger partial charge on any atom is 0.351 e. The second-order valence-electron chi connectivity index (χ2n) is 4.31. The molecule has 1 N–H and O–H groups in total. The van der Waals surface area contributed by atoms with E-state index in [0.717, 1.165) is 12.2 Å². The molecule has 7 heteroatoms. The molecule has 0 radical (unpaired) electrons. The predicted octanol–water partition coefficient (Wildman–Crippen LogP) is 3.67. The molecule has 2 rings (SSSR count). The lowest BCUT2D eigenvalue weighted by Gasteiger charge is -2.19. The van der Waals surface area contributed by atoms with E-state index in [0.29, 0.717) is 21.3 Å². The summed E-state index contributed by atoms with van der Waals surface area (Å²) in [5.74, 6) is 0.691. The quantitative estimate of drug-likeness (QED) is 0.839. The van der Waals surface area contributed by atoms with Crippen molar-refractivity contribution in [1.82, 2.24) is 4.98 Å². The first-order valence-corrected chi connectivity index (χ1v) is 8.52. The zero-order valence-electron chi connectivity index (χ0n) is 10.9. The third-order valence-electron chi connectivity index (χ3n) is 3.10. The Hall–Kier alpha value is -0.460. The third-order valence-corrected chi connectivity index (χ3v) is 5.78. The minimum absolute atomic E-state index is 0.219. The van der Waals surface area contributed by atoms with Gasteiger partial charge in [0.2, 0.25) is 0 Å². The average molecular weight is 321 g/mol. The molecule has 1 aromatic rings. The number of aromatic nitrogens is 1. The molecule has 0 aliphatic heterocycles. The van der Waals surface area contributed by atoms with Crippen LogP contribution < -0.4 is 5.32 Å². The van der Waals surface area contributed by atoms with E-state index in [1.54, 1.807) is 0 Å². The minimum atomic E-state index is -0.429. The Labute approximate surface area is 126 Å². The van der Waals surface area contributed by atoms with Crippen molar-refractivity contribution in [3.63, 3.8) is 0 Å². The fraction of sp³-hybridized carbons (Fsp3) is 0.667. The van der Waals surface area contributed by atoms with Crippen LogP contribution in [0, 0.1) is 0 Å². The second kappa shape index (κ2) is 6.81. The average Bonchev–Trinajstić information content (AvgIpc) is 2.97. The summed E-state index contributed by atoms with van der Waals surface area (Å²) in [5.41, 5.74) is 0. The molecule has 1 saturated carbocycles. The molecule has 106 valence electrons. The van der Waals surface area contributed by atoms with Crippen LogP contribution in [0.15, 0.2) is 0 Å². The van der Waals surface area contributed by atoms with Crippen LogP contribution in [-0.4, -0.2) is 35.1 Å². The highest BCUT2D eigenvalue weighted by Gasteiger charge is 2.28. The van der Waals surface area contributed by atoms with E-state index in [4.69, 9.17) is 11.6 Å². The first-order chi connectivity index (χ1) is 9.15. The van der Waals surface area contributed by atoms with Crippen LogP contribution in [0.3, 0.4) is 0 Å². The Morgan fingerprint density at radius 1 is 1.63 bits per heavy atom. The number of nitrogens with one attached hydrogen (secondary N) is 1. The van der Waals surface area contributed by atoms with Gasteiger partial charge in [0.25, 0.3) is 0 Å². The van der Waals surface area contributed by atoms with Crippen molar-refractivity contribution in [3.8, 4) is 0 Å². The van der Waals surface area contributed by atoms with E-state index in [9.17, 15) is 4.79 Å². The third kappa shape index (κ3) is 3.55. The SMILES string of the molecule is CCSC1CCCC1Nc1nc(Cl)c(C(=O)OC)s1. The molecule has 1 heterocycles. The number of thioether (sulfide) groups is 1. The summed E-state index contributed by atoms with van der Waals surface area (Å²) in [6.07, 6.45) is 3.61. The number of thiazole rings is 1. The van der Waals surface area contributed by atoms with Crippen molar-refractivity contribution in [2.24, 2.45) is 0 Å². The molecule has 1 aliphatic rings. The molecule has 1 aromatic heterocycles. The predicted molar refractivity (Wildman–Crippen MR) is 81.6 cm³/mol. The number of carbonyl (C=O) groups is 1. The zero-order chi connectivity index (χ0) is 13.8. The van der Waals surface area contributed by atoms with E-state index in [1.807, 2.05) is 11.8 Å². The number of hydrogen-bond acceptors (Lipinski definition) is 6. The molecule has 1 aliphatic carbocycles. The molecular weight excluding hydrogens is 304 g/mol. The van der Waals surface area contributed by atoms with Crippen LogP contribution in [0.25, 0.3) is 0 Å². The monoisotopic (exact) mass is 320 g/mol. The lowest BCUT2D eigenvalue weighted by molar-refractivity contribution is 0.0606. The molecule has 0 aromatic carbocycles. The van der Waals surface area contributed by atoms with E-state index < -0.39 is 5.97 Å². The number of nitrogens with zero attached hydrogens (tertiary/aromatic N) is 1. The van der Waals surface area contributed by atoms with Crippen molar-refractivity contribution < 1.29 is 9.53 Å². The van der Waals surface area contributed by atoms with Crippen molar-refractivity contribution in [2.75, 3.05) is 18.2 Å². The number of methoxy groups -OCH3 is 1. The number of anilines is 1. The molecule has 0 saturated heterocycles. The van der Waals surface area contributed by atoms with Crippen molar-refractivity contribution in [1.29, 1.82) is 0 Å². The molecule has 0 bridgehead atoms. The fourth-order valence-electron chi connectivity index (χ4n) is 2.25. The molecule has 4 nitrogen and oxygen atoms in total. The minimum Gasteiger partial charge on any atom is -0.465 e.